The van der Waals surface area contributed by atoms with Crippen LogP contribution in [0.15, 0.2) is 52.3 Å². The Kier molecular flexibility index (Phi) is 2.57. The van der Waals surface area contributed by atoms with E-state index in [1.165, 1.54) is 30.6 Å². The van der Waals surface area contributed by atoms with Gasteiger partial charge in [-0.05, 0) is 12.1 Å². The summed E-state index contributed by atoms with van der Waals surface area (Å²) in [6, 6.07) is 6.74. The fourth-order valence-electron chi connectivity index (χ4n) is 1.38. The van der Waals surface area contributed by atoms with Crippen molar-refractivity contribution in [2.24, 2.45) is 0 Å². The van der Waals surface area contributed by atoms with Crippen molar-refractivity contribution in [3.8, 4) is 0 Å². The molecule has 0 N–H and O–H groups in total. The van der Waals surface area contributed by atoms with Gasteiger partial charge in [0.2, 0.25) is 0 Å². The Balaban J connectivity index is 2.75. The van der Waals surface area contributed by atoms with Crippen LogP contribution < -0.4 is 11.1 Å². The third kappa shape index (κ3) is 1.85. The Labute approximate surface area is 94.3 Å². The maximum Gasteiger partial charge on any atom is 0.347 e. The number of nitro groups is 1. The lowest BCUT2D eigenvalue weighted by Gasteiger charge is -2.06. The maximum absolute atomic E-state index is 11.7. The standard InChI is InChI=1S/C10H7N3O4/c14-9-5-1-2-6-11(9)12-7-3-4-8(10(12)15)13(16)17/h1-7H. The first kappa shape index (κ1) is 10.8. The molecule has 2 heterocycles. The van der Waals surface area contributed by atoms with Crippen LogP contribution in [0.5, 0.6) is 0 Å². The second kappa shape index (κ2) is 4.05. The molecule has 7 heteroatoms. The summed E-state index contributed by atoms with van der Waals surface area (Å²) >= 11 is 0. The molecule has 2 aromatic rings. The Bertz CT molecular complexity index is 686. The van der Waals surface area contributed by atoms with E-state index in [1.807, 2.05) is 0 Å². The molecule has 0 spiro atoms. The summed E-state index contributed by atoms with van der Waals surface area (Å²) in [5.74, 6) is 0. The van der Waals surface area contributed by atoms with Gasteiger partial charge in [-0.15, -0.1) is 0 Å². The summed E-state index contributed by atoms with van der Waals surface area (Å²) in [6.45, 7) is 0. The zero-order valence-corrected chi connectivity index (χ0v) is 8.52. The van der Waals surface area contributed by atoms with Gasteiger partial charge in [-0.3, -0.25) is 19.7 Å². The van der Waals surface area contributed by atoms with Crippen LogP contribution in [0.25, 0.3) is 0 Å². The summed E-state index contributed by atoms with van der Waals surface area (Å²) in [5.41, 5.74) is -1.89. The molecule has 86 valence electrons. The average molecular weight is 233 g/mol. The van der Waals surface area contributed by atoms with Gasteiger partial charge in [-0.25, -0.2) is 9.35 Å². The van der Waals surface area contributed by atoms with Crippen molar-refractivity contribution in [3.63, 3.8) is 0 Å². The van der Waals surface area contributed by atoms with Gasteiger partial charge in [0.05, 0.1) is 4.92 Å². The van der Waals surface area contributed by atoms with Crippen LogP contribution >= 0.6 is 0 Å². The predicted octanol–water partition coefficient (Wildman–Crippen LogP) is 0.230. The van der Waals surface area contributed by atoms with E-state index in [2.05, 4.69) is 0 Å². The third-order valence-corrected chi connectivity index (χ3v) is 2.14. The number of rotatable bonds is 2. The molecule has 0 aliphatic heterocycles. The SMILES string of the molecule is O=c1ccccn1-n1cccc([N+](=O)[O-])c1=O. The van der Waals surface area contributed by atoms with Gasteiger partial charge >= 0.3 is 11.2 Å². The largest absolute Gasteiger partial charge is 0.347 e. The first-order valence-electron chi connectivity index (χ1n) is 4.65. The summed E-state index contributed by atoms with van der Waals surface area (Å²) in [5, 5.41) is 10.6. The lowest BCUT2D eigenvalue weighted by Crippen LogP contribution is -2.34. The summed E-state index contributed by atoms with van der Waals surface area (Å²) in [6.07, 6.45) is 2.64. The highest BCUT2D eigenvalue weighted by Gasteiger charge is 2.14. The van der Waals surface area contributed by atoms with Gasteiger partial charge < -0.3 is 0 Å². The molecule has 0 saturated heterocycles. The van der Waals surface area contributed by atoms with E-state index in [1.54, 1.807) is 6.07 Å². The molecule has 0 saturated carbocycles. The van der Waals surface area contributed by atoms with E-state index in [4.69, 9.17) is 0 Å². The molecule has 0 aliphatic rings. The quantitative estimate of drug-likeness (QED) is 0.548. The molecule has 7 nitrogen and oxygen atoms in total. The Morgan fingerprint density at radius 2 is 1.71 bits per heavy atom. The van der Waals surface area contributed by atoms with Crippen molar-refractivity contribution in [2.45, 2.75) is 0 Å². The van der Waals surface area contributed by atoms with Gasteiger partial charge in [-0.1, -0.05) is 6.07 Å². The molecule has 0 bridgehead atoms. The van der Waals surface area contributed by atoms with Crippen LogP contribution in [-0.4, -0.2) is 14.3 Å². The minimum absolute atomic E-state index is 0.449. The Hall–Kier alpha value is -2.70. The lowest BCUT2D eigenvalue weighted by atomic mass is 10.4. The van der Waals surface area contributed by atoms with Gasteiger partial charge in [0.1, 0.15) is 0 Å². The molecule has 0 fully saturated rings. The molecule has 0 aromatic carbocycles. The average Bonchev–Trinajstić information content (AvgIpc) is 2.30. The highest BCUT2D eigenvalue weighted by molar-refractivity contribution is 5.25. The molecule has 0 radical (unpaired) electrons. The van der Waals surface area contributed by atoms with Crippen LogP contribution in [-0.2, 0) is 0 Å². The normalized spacial score (nSPS) is 10.1. The summed E-state index contributed by atoms with van der Waals surface area (Å²) < 4.78 is 1.88. The maximum atomic E-state index is 11.7. The molecule has 0 amide bonds. The van der Waals surface area contributed by atoms with E-state index in [-0.39, 0.29) is 0 Å². The van der Waals surface area contributed by atoms with Crippen molar-refractivity contribution >= 4 is 5.69 Å². The summed E-state index contributed by atoms with van der Waals surface area (Å²) in [4.78, 5) is 33.0. The van der Waals surface area contributed by atoms with Gasteiger partial charge in [-0.2, -0.15) is 0 Å². The van der Waals surface area contributed by atoms with Crippen LogP contribution in [0.4, 0.5) is 5.69 Å². The molecule has 2 rings (SSSR count). The lowest BCUT2D eigenvalue weighted by molar-refractivity contribution is -0.386. The van der Waals surface area contributed by atoms with Crippen LogP contribution in [0.3, 0.4) is 0 Å². The van der Waals surface area contributed by atoms with Crippen molar-refractivity contribution < 1.29 is 4.92 Å². The second-order valence-electron chi connectivity index (χ2n) is 3.18. The zero-order valence-electron chi connectivity index (χ0n) is 8.52. The van der Waals surface area contributed by atoms with E-state index in [0.29, 0.717) is 0 Å². The molecule has 0 atom stereocenters. The minimum atomic E-state index is -0.856. The second-order valence-corrected chi connectivity index (χ2v) is 3.18. The molecule has 2 aromatic heterocycles. The van der Waals surface area contributed by atoms with Crippen LogP contribution in [0.1, 0.15) is 0 Å². The molecule has 0 unspecified atom stereocenters. The molecular weight excluding hydrogens is 226 g/mol. The third-order valence-electron chi connectivity index (χ3n) is 2.14. The number of aromatic nitrogens is 2. The number of pyridine rings is 2. The molecule has 0 aliphatic carbocycles. The van der Waals surface area contributed by atoms with Gasteiger partial charge in [0, 0.05) is 24.5 Å². The Morgan fingerprint density at radius 3 is 2.35 bits per heavy atom. The van der Waals surface area contributed by atoms with E-state index in [0.717, 1.165) is 15.4 Å². The van der Waals surface area contributed by atoms with E-state index in [9.17, 15) is 19.7 Å². The van der Waals surface area contributed by atoms with Crippen molar-refractivity contribution in [3.05, 3.63) is 73.5 Å². The Morgan fingerprint density at radius 1 is 1.00 bits per heavy atom. The minimum Gasteiger partial charge on any atom is -0.267 e. The van der Waals surface area contributed by atoms with Crippen LogP contribution in [0.2, 0.25) is 0 Å². The van der Waals surface area contributed by atoms with Gasteiger partial charge in [0.15, 0.2) is 0 Å². The summed E-state index contributed by atoms with van der Waals surface area (Å²) in [7, 11) is 0. The topological polar surface area (TPSA) is 87.1 Å². The molecular formula is C10H7N3O4. The first-order valence-corrected chi connectivity index (χ1v) is 4.65. The smallest absolute Gasteiger partial charge is 0.267 e. The fraction of sp³-hybridized carbons (Fsp3) is 0. The van der Waals surface area contributed by atoms with E-state index < -0.39 is 21.7 Å². The van der Waals surface area contributed by atoms with Crippen molar-refractivity contribution in [1.82, 2.24) is 9.35 Å². The first-order chi connectivity index (χ1) is 8.11. The zero-order chi connectivity index (χ0) is 12.4. The highest BCUT2D eigenvalue weighted by Crippen LogP contribution is 2.01. The van der Waals surface area contributed by atoms with Crippen molar-refractivity contribution in [2.75, 3.05) is 0 Å². The van der Waals surface area contributed by atoms with Crippen molar-refractivity contribution in [1.29, 1.82) is 0 Å². The fourth-order valence-corrected chi connectivity index (χ4v) is 1.38. The van der Waals surface area contributed by atoms with E-state index >= 15 is 0 Å². The highest BCUT2D eigenvalue weighted by atomic mass is 16.6. The molecule has 17 heavy (non-hydrogen) atoms. The predicted molar refractivity (Wildman–Crippen MR) is 58.9 cm³/mol. The van der Waals surface area contributed by atoms with Gasteiger partial charge in [0.25, 0.3) is 5.56 Å². The number of hydrogen-bond acceptors (Lipinski definition) is 4. The number of hydrogen-bond donors (Lipinski definition) is 0. The van der Waals surface area contributed by atoms with Crippen LogP contribution in [0, 0.1) is 10.1 Å². The monoisotopic (exact) mass is 233 g/mol. The number of nitrogens with zero attached hydrogens (tertiary/aromatic N) is 3.